The molecule has 0 saturated carbocycles. The van der Waals surface area contributed by atoms with Crippen LogP contribution in [0.3, 0.4) is 0 Å². The van der Waals surface area contributed by atoms with Gasteiger partial charge in [-0.25, -0.2) is 17.8 Å². The molecule has 0 spiro atoms. The molecule has 0 atom stereocenters. The second-order valence-electron chi connectivity index (χ2n) is 5.59. The van der Waals surface area contributed by atoms with Crippen LogP contribution in [0.5, 0.6) is 0 Å². The Morgan fingerprint density at radius 1 is 1.32 bits per heavy atom. The highest BCUT2D eigenvalue weighted by atomic mass is 35.5. The minimum atomic E-state index is -2.94. The van der Waals surface area contributed by atoms with E-state index in [9.17, 15) is 12.8 Å². The summed E-state index contributed by atoms with van der Waals surface area (Å²) < 4.78 is 39.4. The van der Waals surface area contributed by atoms with E-state index in [0.29, 0.717) is 29.3 Å². The van der Waals surface area contributed by atoms with Crippen LogP contribution in [0.1, 0.15) is 24.4 Å². The number of nitrogens with zero attached hydrogens (tertiary/aromatic N) is 2. The van der Waals surface area contributed by atoms with Crippen molar-refractivity contribution < 1.29 is 12.8 Å². The van der Waals surface area contributed by atoms with Crippen molar-refractivity contribution in [3.05, 3.63) is 40.9 Å². The van der Waals surface area contributed by atoms with Crippen molar-refractivity contribution in [2.45, 2.75) is 25.8 Å². The van der Waals surface area contributed by atoms with Gasteiger partial charge in [-0.1, -0.05) is 17.7 Å². The molecule has 1 aliphatic heterocycles. The summed E-state index contributed by atoms with van der Waals surface area (Å²) in [5.41, 5.74) is 0.778. The minimum absolute atomic E-state index is 0.00277. The van der Waals surface area contributed by atoms with E-state index >= 15 is 0 Å². The SMILES string of the molecule is Cc1ccc(Cl)c(-c2nccn2C2CCS(=O)(=O)CC2)c1F. The number of imidazole rings is 1. The number of hydrogen-bond donors (Lipinski definition) is 0. The highest BCUT2D eigenvalue weighted by Gasteiger charge is 2.27. The van der Waals surface area contributed by atoms with Crippen LogP contribution in [-0.4, -0.2) is 29.5 Å². The molecule has 0 unspecified atom stereocenters. The van der Waals surface area contributed by atoms with Crippen molar-refractivity contribution in [1.29, 1.82) is 0 Å². The van der Waals surface area contributed by atoms with E-state index in [-0.39, 0.29) is 28.9 Å². The van der Waals surface area contributed by atoms with E-state index in [1.807, 2.05) is 4.57 Å². The fourth-order valence-electron chi connectivity index (χ4n) is 2.82. The molecule has 4 nitrogen and oxygen atoms in total. The van der Waals surface area contributed by atoms with Crippen LogP contribution in [-0.2, 0) is 9.84 Å². The third kappa shape index (κ3) is 2.77. The molecule has 7 heteroatoms. The summed E-state index contributed by atoms with van der Waals surface area (Å²) in [6.07, 6.45) is 4.38. The Hall–Kier alpha value is -1.40. The summed E-state index contributed by atoms with van der Waals surface area (Å²) in [5.74, 6) is 0.373. The lowest BCUT2D eigenvalue weighted by Crippen LogP contribution is -2.25. The van der Waals surface area contributed by atoms with Gasteiger partial charge in [-0.15, -0.1) is 0 Å². The number of aromatic nitrogens is 2. The van der Waals surface area contributed by atoms with Gasteiger partial charge in [0, 0.05) is 18.4 Å². The van der Waals surface area contributed by atoms with Gasteiger partial charge >= 0.3 is 0 Å². The Balaban J connectivity index is 2.02. The zero-order valence-corrected chi connectivity index (χ0v) is 13.7. The lowest BCUT2D eigenvalue weighted by Gasteiger charge is -2.25. The molecule has 3 rings (SSSR count). The molecule has 0 radical (unpaired) electrons. The zero-order valence-electron chi connectivity index (χ0n) is 12.1. The summed E-state index contributed by atoms with van der Waals surface area (Å²) in [6, 6.07) is 3.28. The molecule has 1 aromatic carbocycles. The number of benzene rings is 1. The largest absolute Gasteiger partial charge is 0.328 e. The summed E-state index contributed by atoms with van der Waals surface area (Å²) in [7, 11) is -2.94. The lowest BCUT2D eigenvalue weighted by atomic mass is 10.1. The molecule has 118 valence electrons. The minimum Gasteiger partial charge on any atom is -0.328 e. The van der Waals surface area contributed by atoms with Crippen LogP contribution in [0.4, 0.5) is 4.39 Å². The summed E-state index contributed by atoms with van der Waals surface area (Å²) in [4.78, 5) is 4.25. The van der Waals surface area contributed by atoms with Crippen molar-refractivity contribution in [2.75, 3.05) is 11.5 Å². The number of halogens is 2. The first-order valence-electron chi connectivity index (χ1n) is 7.07. The molecule has 0 N–H and O–H groups in total. The molecule has 1 saturated heterocycles. The van der Waals surface area contributed by atoms with Gasteiger partial charge in [-0.05, 0) is 31.4 Å². The van der Waals surface area contributed by atoms with Crippen molar-refractivity contribution >= 4 is 21.4 Å². The summed E-state index contributed by atoms with van der Waals surface area (Å²) >= 11 is 6.16. The molecule has 1 fully saturated rings. The molecule has 1 aromatic heterocycles. The van der Waals surface area contributed by atoms with Gasteiger partial charge in [0.25, 0.3) is 0 Å². The van der Waals surface area contributed by atoms with Crippen molar-refractivity contribution in [1.82, 2.24) is 9.55 Å². The van der Waals surface area contributed by atoms with Gasteiger partial charge in [0.1, 0.15) is 21.5 Å². The van der Waals surface area contributed by atoms with Gasteiger partial charge < -0.3 is 4.57 Å². The topological polar surface area (TPSA) is 52.0 Å². The fourth-order valence-corrected chi connectivity index (χ4v) is 4.52. The smallest absolute Gasteiger partial charge is 0.150 e. The molecule has 0 aliphatic carbocycles. The van der Waals surface area contributed by atoms with E-state index in [1.165, 1.54) is 0 Å². The highest BCUT2D eigenvalue weighted by molar-refractivity contribution is 7.91. The molecule has 22 heavy (non-hydrogen) atoms. The Labute approximate surface area is 133 Å². The monoisotopic (exact) mass is 342 g/mol. The van der Waals surface area contributed by atoms with E-state index in [2.05, 4.69) is 4.98 Å². The van der Waals surface area contributed by atoms with Crippen LogP contribution >= 0.6 is 11.6 Å². The number of aryl methyl sites for hydroxylation is 1. The van der Waals surface area contributed by atoms with Gasteiger partial charge in [0.05, 0.1) is 22.1 Å². The predicted octanol–water partition coefficient (Wildman–Crippen LogP) is 3.40. The highest BCUT2D eigenvalue weighted by Crippen LogP contribution is 2.35. The van der Waals surface area contributed by atoms with E-state index in [0.717, 1.165) is 0 Å². The molecule has 1 aliphatic rings. The van der Waals surface area contributed by atoms with Crippen LogP contribution in [0.15, 0.2) is 24.5 Å². The van der Waals surface area contributed by atoms with Crippen LogP contribution in [0, 0.1) is 12.7 Å². The van der Waals surface area contributed by atoms with Gasteiger partial charge in [-0.3, -0.25) is 0 Å². The van der Waals surface area contributed by atoms with Gasteiger partial charge in [0.15, 0.2) is 0 Å². The third-order valence-electron chi connectivity index (χ3n) is 4.09. The Kier molecular flexibility index (Phi) is 3.99. The van der Waals surface area contributed by atoms with Crippen molar-refractivity contribution in [3.8, 4) is 11.4 Å². The fraction of sp³-hybridized carbons (Fsp3) is 0.400. The van der Waals surface area contributed by atoms with Gasteiger partial charge in [0.2, 0.25) is 0 Å². The molecule has 0 amide bonds. The van der Waals surface area contributed by atoms with E-state index < -0.39 is 9.84 Å². The number of rotatable bonds is 2. The van der Waals surface area contributed by atoms with Crippen molar-refractivity contribution in [2.24, 2.45) is 0 Å². The quantitative estimate of drug-likeness (QED) is 0.840. The number of hydrogen-bond acceptors (Lipinski definition) is 3. The second kappa shape index (κ2) is 5.66. The third-order valence-corrected chi connectivity index (χ3v) is 6.12. The molecule has 0 bridgehead atoms. The van der Waals surface area contributed by atoms with Crippen LogP contribution in [0.2, 0.25) is 5.02 Å². The predicted molar refractivity (Wildman–Crippen MR) is 84.3 cm³/mol. The van der Waals surface area contributed by atoms with Crippen LogP contribution < -0.4 is 0 Å². The Morgan fingerprint density at radius 3 is 2.68 bits per heavy atom. The number of sulfone groups is 1. The molecule has 2 aromatic rings. The first-order chi connectivity index (χ1) is 10.4. The maximum absolute atomic E-state index is 14.5. The Bertz CT molecular complexity index is 803. The average Bonchev–Trinajstić information content (AvgIpc) is 2.93. The summed E-state index contributed by atoms with van der Waals surface area (Å²) in [5, 5.41) is 0.305. The summed E-state index contributed by atoms with van der Waals surface area (Å²) in [6.45, 7) is 1.68. The Morgan fingerprint density at radius 2 is 2.00 bits per heavy atom. The lowest BCUT2D eigenvalue weighted by molar-refractivity contribution is 0.452. The maximum Gasteiger partial charge on any atom is 0.150 e. The van der Waals surface area contributed by atoms with E-state index in [4.69, 9.17) is 11.6 Å². The first-order valence-corrected chi connectivity index (χ1v) is 9.27. The molecule has 2 heterocycles. The standard InChI is InChI=1S/C15H16ClFN2O2S/c1-10-2-3-12(16)13(14(10)17)15-18-6-7-19(15)11-4-8-22(20,21)9-5-11/h2-3,6-7,11H,4-5,8-9H2,1H3. The first kappa shape index (κ1) is 15.5. The maximum atomic E-state index is 14.5. The normalized spacial score (nSPS) is 18.5. The second-order valence-corrected chi connectivity index (χ2v) is 8.31. The van der Waals surface area contributed by atoms with E-state index in [1.54, 1.807) is 31.5 Å². The van der Waals surface area contributed by atoms with Gasteiger partial charge in [-0.2, -0.15) is 0 Å². The zero-order chi connectivity index (χ0) is 15.9. The molecular formula is C15H16ClFN2O2S. The van der Waals surface area contributed by atoms with Crippen LogP contribution in [0.25, 0.3) is 11.4 Å². The van der Waals surface area contributed by atoms with Crippen molar-refractivity contribution in [3.63, 3.8) is 0 Å². The average molecular weight is 343 g/mol. The molecular weight excluding hydrogens is 327 g/mol.